The third kappa shape index (κ3) is 4.75. The molecule has 5 rings (SSSR count). The van der Waals surface area contributed by atoms with E-state index < -0.39 is 0 Å². The van der Waals surface area contributed by atoms with Gasteiger partial charge in [-0.25, -0.2) is 4.79 Å². The maximum Gasteiger partial charge on any atom is 0.322 e. The van der Waals surface area contributed by atoms with Gasteiger partial charge in [0.05, 0.1) is 13.7 Å². The first-order valence-electron chi connectivity index (χ1n) is 11.6. The smallest absolute Gasteiger partial charge is 0.322 e. The van der Waals surface area contributed by atoms with Crippen molar-refractivity contribution in [3.05, 3.63) is 47.5 Å². The molecule has 3 heterocycles. The third-order valence-corrected chi connectivity index (χ3v) is 6.67. The summed E-state index contributed by atoms with van der Waals surface area (Å²) < 4.78 is 5.30. The quantitative estimate of drug-likeness (QED) is 0.513. The standard InChI is InChI=1S/C24H27N7O4/c1-35-18-3-5-19-15(12-18)6-11-31(24(34)26-19)17-7-9-30(10-8-17)22(32)14-25-23(33)16-2-4-20-21(13-16)28-29-27-20/h2-5,12-13,17H,6-11,14H2,1H3,(H,25,33)(H,26,34)(H,27,28,29). The van der Waals surface area contributed by atoms with Crippen molar-refractivity contribution in [3.8, 4) is 5.75 Å². The molecule has 3 aromatic rings. The molecular formula is C24H27N7O4. The average molecular weight is 478 g/mol. The van der Waals surface area contributed by atoms with E-state index >= 15 is 0 Å². The molecule has 0 bridgehead atoms. The number of carbonyl (C=O) groups is 3. The predicted octanol–water partition coefficient (Wildman–Crippen LogP) is 1.78. The van der Waals surface area contributed by atoms with Crippen LogP contribution in [-0.2, 0) is 11.2 Å². The molecule has 1 fully saturated rings. The lowest BCUT2D eigenvalue weighted by atomic mass is 10.0. The number of methoxy groups -OCH3 is 1. The molecule has 4 amide bonds. The number of rotatable bonds is 5. The second-order valence-electron chi connectivity index (χ2n) is 8.72. The normalized spacial score (nSPS) is 16.4. The van der Waals surface area contributed by atoms with Gasteiger partial charge in [0.1, 0.15) is 16.8 Å². The number of likely N-dealkylation sites (tertiary alicyclic amines) is 1. The minimum absolute atomic E-state index is 0.0547. The largest absolute Gasteiger partial charge is 0.497 e. The van der Waals surface area contributed by atoms with E-state index in [1.165, 1.54) is 0 Å². The molecule has 35 heavy (non-hydrogen) atoms. The van der Waals surface area contributed by atoms with E-state index in [1.807, 2.05) is 23.1 Å². The molecule has 11 nitrogen and oxygen atoms in total. The Balaban J connectivity index is 1.12. The summed E-state index contributed by atoms with van der Waals surface area (Å²) in [5.41, 5.74) is 3.53. The van der Waals surface area contributed by atoms with Gasteiger partial charge in [-0.2, -0.15) is 15.4 Å². The highest BCUT2D eigenvalue weighted by molar-refractivity contribution is 5.99. The molecule has 11 heteroatoms. The Hall–Kier alpha value is -4.15. The summed E-state index contributed by atoms with van der Waals surface area (Å²) in [5.74, 6) is 0.291. The van der Waals surface area contributed by atoms with Gasteiger partial charge in [0.15, 0.2) is 0 Å². The number of aromatic amines is 1. The van der Waals surface area contributed by atoms with Crippen molar-refractivity contribution >= 4 is 34.6 Å². The highest BCUT2D eigenvalue weighted by atomic mass is 16.5. The van der Waals surface area contributed by atoms with E-state index in [-0.39, 0.29) is 30.4 Å². The highest BCUT2D eigenvalue weighted by Crippen LogP contribution is 2.27. The summed E-state index contributed by atoms with van der Waals surface area (Å²) >= 11 is 0. The van der Waals surface area contributed by atoms with Crippen molar-refractivity contribution in [2.24, 2.45) is 0 Å². The van der Waals surface area contributed by atoms with Gasteiger partial charge in [-0.15, -0.1) is 0 Å². The number of nitrogens with zero attached hydrogens (tertiary/aromatic N) is 4. The molecule has 2 aliphatic rings. The first-order chi connectivity index (χ1) is 17.0. The molecular weight excluding hydrogens is 450 g/mol. The van der Waals surface area contributed by atoms with Gasteiger partial charge in [-0.1, -0.05) is 0 Å². The maximum absolute atomic E-state index is 12.9. The summed E-state index contributed by atoms with van der Waals surface area (Å²) in [5, 5.41) is 16.1. The van der Waals surface area contributed by atoms with E-state index in [9.17, 15) is 14.4 Å². The van der Waals surface area contributed by atoms with Crippen LogP contribution in [0.1, 0.15) is 28.8 Å². The Morgan fingerprint density at radius 1 is 1.09 bits per heavy atom. The number of nitrogens with one attached hydrogen (secondary N) is 3. The van der Waals surface area contributed by atoms with Crippen LogP contribution >= 0.6 is 0 Å². The summed E-state index contributed by atoms with van der Waals surface area (Å²) in [4.78, 5) is 41.6. The van der Waals surface area contributed by atoms with Gasteiger partial charge < -0.3 is 25.2 Å². The van der Waals surface area contributed by atoms with Crippen LogP contribution in [0.4, 0.5) is 10.5 Å². The fourth-order valence-corrected chi connectivity index (χ4v) is 4.68. The van der Waals surface area contributed by atoms with Gasteiger partial charge in [0.2, 0.25) is 5.91 Å². The second-order valence-corrected chi connectivity index (χ2v) is 8.72. The number of piperidine rings is 1. The Bertz CT molecular complexity index is 1270. The molecule has 1 aromatic heterocycles. The van der Waals surface area contributed by atoms with Crippen molar-refractivity contribution in [1.29, 1.82) is 0 Å². The van der Waals surface area contributed by atoms with Crippen LogP contribution in [-0.4, -0.2) is 82.4 Å². The SMILES string of the molecule is COc1ccc2c(c1)CCN(C1CCN(C(=O)CNC(=O)c3ccc4n[nH]nc4c3)CC1)C(=O)N2. The predicted molar refractivity (Wildman–Crippen MR) is 128 cm³/mol. The summed E-state index contributed by atoms with van der Waals surface area (Å²) in [6, 6.07) is 10.6. The lowest BCUT2D eigenvalue weighted by molar-refractivity contribution is -0.131. The summed E-state index contributed by atoms with van der Waals surface area (Å²) in [6.45, 7) is 1.60. The van der Waals surface area contributed by atoms with Gasteiger partial charge >= 0.3 is 6.03 Å². The zero-order chi connectivity index (χ0) is 24.4. The van der Waals surface area contributed by atoms with Crippen molar-refractivity contribution in [2.45, 2.75) is 25.3 Å². The monoisotopic (exact) mass is 477 g/mol. The topological polar surface area (TPSA) is 133 Å². The molecule has 2 aromatic carbocycles. The fourth-order valence-electron chi connectivity index (χ4n) is 4.68. The van der Waals surface area contributed by atoms with Crippen LogP contribution in [0.15, 0.2) is 36.4 Å². The van der Waals surface area contributed by atoms with Crippen molar-refractivity contribution in [3.63, 3.8) is 0 Å². The molecule has 0 unspecified atom stereocenters. The number of carbonyl (C=O) groups excluding carboxylic acids is 3. The highest BCUT2D eigenvalue weighted by Gasteiger charge is 2.31. The second kappa shape index (κ2) is 9.61. The van der Waals surface area contributed by atoms with Gasteiger partial charge in [0.25, 0.3) is 5.91 Å². The number of fused-ring (bicyclic) bond motifs is 2. The molecule has 0 aliphatic carbocycles. The Labute approximate surface area is 201 Å². The number of benzene rings is 2. The minimum Gasteiger partial charge on any atom is -0.497 e. The zero-order valence-corrected chi connectivity index (χ0v) is 19.4. The molecule has 3 N–H and O–H groups in total. The molecule has 2 aliphatic heterocycles. The number of amides is 4. The van der Waals surface area contributed by atoms with Crippen LogP contribution in [0.3, 0.4) is 0 Å². The molecule has 0 atom stereocenters. The van der Waals surface area contributed by atoms with E-state index in [0.29, 0.717) is 49.1 Å². The first kappa shape index (κ1) is 22.6. The Morgan fingerprint density at radius 3 is 2.69 bits per heavy atom. The summed E-state index contributed by atoms with van der Waals surface area (Å²) in [6.07, 6.45) is 2.11. The number of urea groups is 1. The summed E-state index contributed by atoms with van der Waals surface area (Å²) in [7, 11) is 1.63. The fraction of sp³-hybridized carbons (Fsp3) is 0.375. The van der Waals surface area contributed by atoms with Gasteiger partial charge in [-0.05, 0) is 61.2 Å². The first-order valence-corrected chi connectivity index (χ1v) is 11.6. The van der Waals surface area contributed by atoms with E-state index in [1.54, 1.807) is 30.2 Å². The number of aromatic nitrogens is 3. The number of hydrogen-bond acceptors (Lipinski definition) is 6. The van der Waals surface area contributed by atoms with E-state index in [4.69, 9.17) is 4.74 Å². The molecule has 0 spiro atoms. The van der Waals surface area contributed by atoms with Crippen molar-refractivity contribution < 1.29 is 19.1 Å². The van der Waals surface area contributed by atoms with Crippen molar-refractivity contribution in [1.82, 2.24) is 30.5 Å². The van der Waals surface area contributed by atoms with Crippen LogP contribution in [0, 0.1) is 0 Å². The van der Waals surface area contributed by atoms with Crippen LogP contribution < -0.4 is 15.4 Å². The van der Waals surface area contributed by atoms with E-state index in [0.717, 1.165) is 23.4 Å². The molecule has 182 valence electrons. The number of H-pyrrole nitrogens is 1. The Kier molecular flexibility index (Phi) is 6.21. The van der Waals surface area contributed by atoms with Crippen LogP contribution in [0.2, 0.25) is 0 Å². The molecule has 1 saturated heterocycles. The van der Waals surface area contributed by atoms with E-state index in [2.05, 4.69) is 26.0 Å². The third-order valence-electron chi connectivity index (χ3n) is 6.67. The lowest BCUT2D eigenvalue weighted by Crippen LogP contribution is -2.51. The number of hydrogen-bond donors (Lipinski definition) is 3. The average Bonchev–Trinajstić information content (AvgIpc) is 3.29. The zero-order valence-electron chi connectivity index (χ0n) is 19.4. The lowest BCUT2D eigenvalue weighted by Gasteiger charge is -2.38. The minimum atomic E-state index is -0.337. The number of anilines is 1. The number of ether oxygens (including phenoxy) is 1. The van der Waals surface area contributed by atoms with Crippen molar-refractivity contribution in [2.75, 3.05) is 38.6 Å². The van der Waals surface area contributed by atoms with Gasteiger partial charge in [-0.3, -0.25) is 9.59 Å². The van der Waals surface area contributed by atoms with Crippen LogP contribution in [0.25, 0.3) is 11.0 Å². The Morgan fingerprint density at radius 2 is 1.89 bits per heavy atom. The van der Waals surface area contributed by atoms with Gasteiger partial charge in [0, 0.05) is 36.9 Å². The maximum atomic E-state index is 12.9. The van der Waals surface area contributed by atoms with Crippen LogP contribution in [0.5, 0.6) is 5.75 Å². The molecule has 0 saturated carbocycles. The molecule has 0 radical (unpaired) electrons.